The van der Waals surface area contributed by atoms with E-state index in [-0.39, 0.29) is 17.4 Å². The van der Waals surface area contributed by atoms with Crippen LogP contribution in [-0.4, -0.2) is 34.6 Å². The first-order valence-corrected chi connectivity index (χ1v) is 6.12. The summed E-state index contributed by atoms with van der Waals surface area (Å²) in [5, 5.41) is 20.6. The number of rotatable bonds is 1. The molecule has 86 valence electrons. The smallest absolute Gasteiger partial charge is 0.102 e. The van der Waals surface area contributed by atoms with Gasteiger partial charge in [-0.2, -0.15) is 0 Å². The van der Waals surface area contributed by atoms with E-state index in [1.165, 1.54) is 0 Å². The molecular formula is C12H20O3. The van der Waals surface area contributed by atoms with Gasteiger partial charge < -0.3 is 14.9 Å². The molecule has 3 aliphatic carbocycles. The first kappa shape index (κ1) is 10.1. The lowest BCUT2D eigenvalue weighted by Gasteiger charge is -2.66. The molecule has 0 radical (unpaired) electrons. The van der Waals surface area contributed by atoms with Crippen molar-refractivity contribution in [1.29, 1.82) is 0 Å². The molecule has 0 spiro atoms. The summed E-state index contributed by atoms with van der Waals surface area (Å²) in [6.07, 6.45) is 5.46. The lowest BCUT2D eigenvalue weighted by molar-refractivity contribution is -0.329. The van der Waals surface area contributed by atoms with E-state index in [4.69, 9.17) is 4.74 Å². The molecule has 0 aromatic carbocycles. The molecule has 0 saturated heterocycles. The molecule has 3 nitrogen and oxygen atoms in total. The molecule has 0 aromatic rings. The molecule has 15 heavy (non-hydrogen) atoms. The number of hydrogen-bond donors (Lipinski definition) is 2. The number of hydrogen-bond acceptors (Lipinski definition) is 3. The summed E-state index contributed by atoms with van der Waals surface area (Å²) in [6, 6.07) is 0. The summed E-state index contributed by atoms with van der Waals surface area (Å²) in [5.41, 5.74) is -0.930. The molecule has 0 bridgehead atoms. The van der Waals surface area contributed by atoms with Gasteiger partial charge in [-0.3, -0.25) is 0 Å². The summed E-state index contributed by atoms with van der Waals surface area (Å²) >= 11 is 0. The van der Waals surface area contributed by atoms with Crippen molar-refractivity contribution in [3.05, 3.63) is 0 Å². The maximum absolute atomic E-state index is 10.6. The van der Waals surface area contributed by atoms with Gasteiger partial charge in [0.25, 0.3) is 0 Å². The third-order valence-corrected chi connectivity index (χ3v) is 5.24. The molecule has 0 amide bonds. The van der Waals surface area contributed by atoms with Crippen molar-refractivity contribution in [2.24, 2.45) is 11.8 Å². The van der Waals surface area contributed by atoms with Crippen molar-refractivity contribution in [3.8, 4) is 0 Å². The van der Waals surface area contributed by atoms with E-state index in [0.29, 0.717) is 0 Å². The fraction of sp³-hybridized carbons (Fsp3) is 1.00. The summed E-state index contributed by atoms with van der Waals surface area (Å²) in [5.74, 6) is 0.349. The normalized spacial score (nSPS) is 58.2. The van der Waals surface area contributed by atoms with Gasteiger partial charge in [-0.1, -0.05) is 12.8 Å². The molecule has 3 fully saturated rings. The SMILES string of the molecule is CO[C@@]12CCC[C@H]1[C@]1(O)[C@H](O)CCC[C@@H]21. The first-order chi connectivity index (χ1) is 7.16. The van der Waals surface area contributed by atoms with Crippen LogP contribution in [0.4, 0.5) is 0 Å². The Morgan fingerprint density at radius 3 is 2.47 bits per heavy atom. The molecule has 5 atom stereocenters. The van der Waals surface area contributed by atoms with Crippen LogP contribution < -0.4 is 0 Å². The molecular weight excluding hydrogens is 192 g/mol. The Balaban J connectivity index is 1.96. The van der Waals surface area contributed by atoms with E-state index in [1.54, 1.807) is 7.11 Å². The van der Waals surface area contributed by atoms with Gasteiger partial charge in [-0.25, -0.2) is 0 Å². The zero-order valence-corrected chi connectivity index (χ0v) is 9.28. The molecule has 2 N–H and O–H groups in total. The number of aliphatic hydroxyl groups is 2. The number of ether oxygens (including phenoxy) is 1. The fourth-order valence-electron chi connectivity index (χ4n) is 4.65. The Morgan fingerprint density at radius 1 is 1.13 bits per heavy atom. The Hall–Kier alpha value is -0.120. The van der Waals surface area contributed by atoms with Crippen molar-refractivity contribution in [2.75, 3.05) is 7.11 Å². The van der Waals surface area contributed by atoms with E-state index >= 15 is 0 Å². The van der Waals surface area contributed by atoms with Crippen LogP contribution >= 0.6 is 0 Å². The summed E-state index contributed by atoms with van der Waals surface area (Å²) in [7, 11) is 1.76. The van der Waals surface area contributed by atoms with Gasteiger partial charge in [0.15, 0.2) is 0 Å². The van der Waals surface area contributed by atoms with Gasteiger partial charge in [-0.15, -0.1) is 0 Å². The van der Waals surface area contributed by atoms with Crippen LogP contribution in [0.3, 0.4) is 0 Å². The maximum Gasteiger partial charge on any atom is 0.102 e. The van der Waals surface area contributed by atoms with Crippen LogP contribution in [0.5, 0.6) is 0 Å². The van der Waals surface area contributed by atoms with E-state index in [1.807, 2.05) is 0 Å². The average molecular weight is 212 g/mol. The quantitative estimate of drug-likeness (QED) is 0.683. The molecule has 3 aliphatic rings. The second-order valence-corrected chi connectivity index (χ2v) is 5.49. The molecule has 0 aliphatic heterocycles. The summed E-state index contributed by atoms with van der Waals surface area (Å²) in [4.78, 5) is 0. The minimum atomic E-state index is -0.829. The second-order valence-electron chi connectivity index (χ2n) is 5.49. The predicted octanol–water partition coefficient (Wildman–Crippen LogP) is 1.08. The van der Waals surface area contributed by atoms with Crippen molar-refractivity contribution in [1.82, 2.24) is 0 Å². The highest BCUT2D eigenvalue weighted by molar-refractivity contribution is 5.25. The molecule has 3 rings (SSSR count). The van der Waals surface area contributed by atoms with E-state index in [0.717, 1.165) is 38.5 Å². The lowest BCUT2D eigenvalue weighted by Crippen LogP contribution is -2.77. The highest BCUT2D eigenvalue weighted by Crippen LogP contribution is 2.66. The third-order valence-electron chi connectivity index (χ3n) is 5.24. The van der Waals surface area contributed by atoms with Gasteiger partial charge >= 0.3 is 0 Å². The Kier molecular flexibility index (Phi) is 1.99. The number of methoxy groups -OCH3 is 1. The molecule has 3 heteroatoms. The van der Waals surface area contributed by atoms with Crippen LogP contribution in [0, 0.1) is 11.8 Å². The largest absolute Gasteiger partial charge is 0.390 e. The van der Waals surface area contributed by atoms with Crippen molar-refractivity contribution in [3.63, 3.8) is 0 Å². The van der Waals surface area contributed by atoms with Gasteiger partial charge in [-0.05, 0) is 25.7 Å². The maximum atomic E-state index is 10.6. The van der Waals surface area contributed by atoms with Crippen LogP contribution in [0.15, 0.2) is 0 Å². The van der Waals surface area contributed by atoms with E-state index in [9.17, 15) is 10.2 Å². The van der Waals surface area contributed by atoms with Crippen LogP contribution in [-0.2, 0) is 4.74 Å². The Morgan fingerprint density at radius 2 is 1.80 bits per heavy atom. The number of fused-ring (bicyclic) bond motifs is 4. The molecule has 0 unspecified atom stereocenters. The highest BCUT2D eigenvalue weighted by atomic mass is 16.5. The second kappa shape index (κ2) is 2.96. The average Bonchev–Trinajstić information content (AvgIpc) is 2.63. The Bertz CT molecular complexity index is 280. The van der Waals surface area contributed by atoms with E-state index < -0.39 is 11.7 Å². The van der Waals surface area contributed by atoms with Crippen molar-refractivity contribution >= 4 is 0 Å². The van der Waals surface area contributed by atoms with E-state index in [2.05, 4.69) is 0 Å². The Labute approximate surface area is 90.4 Å². The van der Waals surface area contributed by atoms with Gasteiger partial charge in [0.2, 0.25) is 0 Å². The highest BCUT2D eigenvalue weighted by Gasteiger charge is 2.74. The fourth-order valence-corrected chi connectivity index (χ4v) is 4.65. The zero-order valence-electron chi connectivity index (χ0n) is 9.28. The molecule has 0 heterocycles. The minimum Gasteiger partial charge on any atom is -0.390 e. The van der Waals surface area contributed by atoms with Crippen LogP contribution in [0.25, 0.3) is 0 Å². The van der Waals surface area contributed by atoms with Gasteiger partial charge in [0, 0.05) is 18.9 Å². The summed E-state index contributed by atoms with van der Waals surface area (Å²) in [6.45, 7) is 0. The summed E-state index contributed by atoms with van der Waals surface area (Å²) < 4.78 is 5.71. The minimum absolute atomic E-state index is 0.101. The lowest BCUT2D eigenvalue weighted by atomic mass is 9.46. The predicted molar refractivity (Wildman–Crippen MR) is 55.4 cm³/mol. The van der Waals surface area contributed by atoms with Gasteiger partial charge in [0.05, 0.1) is 11.7 Å². The van der Waals surface area contributed by atoms with Crippen molar-refractivity contribution < 1.29 is 14.9 Å². The monoisotopic (exact) mass is 212 g/mol. The number of aliphatic hydroxyl groups excluding tert-OH is 1. The zero-order chi connectivity index (χ0) is 10.7. The third kappa shape index (κ3) is 0.931. The standard InChI is InChI=1S/C12H20O3/c1-15-11-7-3-5-9(11)12(14)8(11)4-2-6-10(12)13/h8-10,13-14H,2-7H2,1H3/t8-,9+,10+,11+,12-/m0/s1. The van der Waals surface area contributed by atoms with Crippen molar-refractivity contribution in [2.45, 2.75) is 55.8 Å². The topological polar surface area (TPSA) is 49.7 Å². The van der Waals surface area contributed by atoms with Crippen LogP contribution in [0.2, 0.25) is 0 Å². The molecule has 3 saturated carbocycles. The first-order valence-electron chi connectivity index (χ1n) is 6.12. The molecule has 0 aromatic heterocycles. The van der Waals surface area contributed by atoms with Crippen LogP contribution in [0.1, 0.15) is 38.5 Å². The van der Waals surface area contributed by atoms with Gasteiger partial charge in [0.1, 0.15) is 5.60 Å².